The number of hydrogen-bond acceptors (Lipinski definition) is 5. The summed E-state index contributed by atoms with van der Waals surface area (Å²) in [4.78, 5) is 20.8. The number of rotatable bonds is 4. The first-order valence-electron chi connectivity index (χ1n) is 7.41. The minimum Gasteiger partial charge on any atom is -0.369 e. The molecule has 0 radical (unpaired) electrons. The largest absolute Gasteiger partial charge is 0.369 e. The van der Waals surface area contributed by atoms with Gasteiger partial charge in [0.25, 0.3) is 0 Å². The van der Waals surface area contributed by atoms with Gasteiger partial charge in [0, 0.05) is 42.9 Å². The number of benzene rings is 1. The average molecular weight is 316 g/mol. The highest BCUT2D eigenvalue weighted by atomic mass is 32.1. The van der Waals surface area contributed by atoms with Gasteiger partial charge in [0.05, 0.1) is 17.6 Å². The summed E-state index contributed by atoms with van der Waals surface area (Å²) >= 11 is 1.51. The Morgan fingerprint density at radius 3 is 2.59 bits per heavy atom. The summed E-state index contributed by atoms with van der Waals surface area (Å²) in [6, 6.07) is 8.08. The number of piperazine rings is 1. The lowest BCUT2D eigenvalue weighted by atomic mass is 10.2. The predicted octanol–water partition coefficient (Wildman–Crippen LogP) is 2.08. The Labute approximate surface area is 134 Å². The van der Waals surface area contributed by atoms with Crippen LogP contribution in [0.4, 0.5) is 11.4 Å². The minimum atomic E-state index is -0.0294. The molecule has 1 fully saturated rings. The second-order valence-corrected chi connectivity index (χ2v) is 6.26. The van der Waals surface area contributed by atoms with Crippen LogP contribution in [0.15, 0.2) is 35.2 Å². The van der Waals surface area contributed by atoms with Crippen molar-refractivity contribution in [2.45, 2.75) is 6.42 Å². The van der Waals surface area contributed by atoms with Gasteiger partial charge < -0.3 is 15.1 Å². The van der Waals surface area contributed by atoms with Crippen molar-refractivity contribution in [1.29, 1.82) is 0 Å². The van der Waals surface area contributed by atoms with Gasteiger partial charge in [-0.25, -0.2) is 4.98 Å². The van der Waals surface area contributed by atoms with Crippen molar-refractivity contribution >= 4 is 28.6 Å². The van der Waals surface area contributed by atoms with Crippen LogP contribution in [0, 0.1) is 0 Å². The van der Waals surface area contributed by atoms with Crippen molar-refractivity contribution in [2.24, 2.45) is 0 Å². The third kappa shape index (κ3) is 3.84. The van der Waals surface area contributed by atoms with Gasteiger partial charge in [0.1, 0.15) is 0 Å². The molecule has 116 valence electrons. The SMILES string of the molecule is CN1CCN(c2ccc(NC(=O)Cc3cscn3)cc2)CC1. The predicted molar refractivity (Wildman–Crippen MR) is 90.6 cm³/mol. The lowest BCUT2D eigenvalue weighted by Crippen LogP contribution is -2.44. The van der Waals surface area contributed by atoms with Gasteiger partial charge in [-0.05, 0) is 31.3 Å². The molecule has 0 saturated carbocycles. The third-order valence-electron chi connectivity index (χ3n) is 3.84. The molecule has 1 aromatic heterocycles. The number of amides is 1. The van der Waals surface area contributed by atoms with Crippen molar-refractivity contribution < 1.29 is 4.79 Å². The highest BCUT2D eigenvalue weighted by molar-refractivity contribution is 7.07. The number of carbonyl (C=O) groups excluding carboxylic acids is 1. The molecule has 2 heterocycles. The molecule has 3 rings (SSSR count). The fourth-order valence-electron chi connectivity index (χ4n) is 2.51. The number of hydrogen-bond donors (Lipinski definition) is 1. The minimum absolute atomic E-state index is 0.0294. The fraction of sp³-hybridized carbons (Fsp3) is 0.375. The molecule has 0 atom stereocenters. The average Bonchev–Trinajstić information content (AvgIpc) is 3.02. The molecule has 1 N–H and O–H groups in total. The molecule has 0 unspecified atom stereocenters. The Morgan fingerprint density at radius 1 is 1.23 bits per heavy atom. The van der Waals surface area contributed by atoms with E-state index in [-0.39, 0.29) is 5.91 Å². The van der Waals surface area contributed by atoms with Crippen LogP contribution in [-0.4, -0.2) is 49.0 Å². The third-order valence-corrected chi connectivity index (χ3v) is 4.48. The molecular weight excluding hydrogens is 296 g/mol. The van der Waals surface area contributed by atoms with Crippen LogP contribution in [0.1, 0.15) is 5.69 Å². The van der Waals surface area contributed by atoms with Crippen LogP contribution in [0.25, 0.3) is 0 Å². The van der Waals surface area contributed by atoms with Crippen molar-refractivity contribution in [1.82, 2.24) is 9.88 Å². The van der Waals surface area contributed by atoms with Crippen molar-refractivity contribution in [3.63, 3.8) is 0 Å². The first-order chi connectivity index (χ1) is 10.7. The molecule has 22 heavy (non-hydrogen) atoms. The van der Waals surface area contributed by atoms with E-state index in [2.05, 4.69) is 39.3 Å². The van der Waals surface area contributed by atoms with E-state index < -0.39 is 0 Å². The normalized spacial score (nSPS) is 15.8. The zero-order chi connectivity index (χ0) is 15.4. The number of thiazole rings is 1. The van der Waals surface area contributed by atoms with Gasteiger partial charge in [-0.3, -0.25) is 4.79 Å². The Kier molecular flexibility index (Phi) is 4.70. The van der Waals surface area contributed by atoms with E-state index >= 15 is 0 Å². The summed E-state index contributed by atoms with van der Waals surface area (Å²) in [5.74, 6) is -0.0294. The highest BCUT2D eigenvalue weighted by Gasteiger charge is 2.14. The molecular formula is C16H20N4OS. The second kappa shape index (κ2) is 6.89. The molecule has 5 nitrogen and oxygen atoms in total. The standard InChI is InChI=1S/C16H20N4OS/c1-19-6-8-20(9-7-19)15-4-2-13(3-5-15)18-16(21)10-14-11-22-12-17-14/h2-5,11-12H,6-10H2,1H3,(H,18,21). The van der Waals surface area contributed by atoms with E-state index in [4.69, 9.17) is 0 Å². The Bertz CT molecular complexity index is 604. The number of nitrogens with one attached hydrogen (secondary N) is 1. The number of likely N-dealkylation sites (N-methyl/N-ethyl adjacent to an activating group) is 1. The first kappa shape index (κ1) is 15.0. The topological polar surface area (TPSA) is 48.5 Å². The monoisotopic (exact) mass is 316 g/mol. The summed E-state index contributed by atoms with van der Waals surface area (Å²) in [6.07, 6.45) is 0.323. The molecule has 0 aliphatic carbocycles. The number of nitrogens with zero attached hydrogens (tertiary/aromatic N) is 3. The molecule has 1 aliphatic heterocycles. The second-order valence-electron chi connectivity index (χ2n) is 5.54. The van der Waals surface area contributed by atoms with Gasteiger partial charge in [-0.15, -0.1) is 11.3 Å². The number of anilines is 2. The lowest BCUT2D eigenvalue weighted by Gasteiger charge is -2.34. The number of carbonyl (C=O) groups is 1. The zero-order valence-corrected chi connectivity index (χ0v) is 13.5. The summed E-state index contributed by atoms with van der Waals surface area (Å²) in [5.41, 5.74) is 4.60. The van der Waals surface area contributed by atoms with E-state index in [9.17, 15) is 4.79 Å². The Hall–Kier alpha value is -1.92. The Balaban J connectivity index is 1.56. The van der Waals surface area contributed by atoms with Crippen LogP contribution in [0.2, 0.25) is 0 Å². The van der Waals surface area contributed by atoms with E-state index in [0.29, 0.717) is 6.42 Å². The van der Waals surface area contributed by atoms with E-state index in [1.54, 1.807) is 5.51 Å². The molecule has 6 heteroatoms. The smallest absolute Gasteiger partial charge is 0.230 e. The van der Waals surface area contributed by atoms with Gasteiger partial charge in [0.2, 0.25) is 5.91 Å². The summed E-state index contributed by atoms with van der Waals surface area (Å²) in [5, 5.41) is 4.82. The molecule has 1 aromatic carbocycles. The van der Waals surface area contributed by atoms with E-state index in [1.165, 1.54) is 17.0 Å². The fourth-order valence-corrected chi connectivity index (χ4v) is 3.07. The molecule has 2 aromatic rings. The van der Waals surface area contributed by atoms with Gasteiger partial charge in [0.15, 0.2) is 0 Å². The molecule has 1 amide bonds. The van der Waals surface area contributed by atoms with Crippen molar-refractivity contribution in [3.05, 3.63) is 40.8 Å². The lowest BCUT2D eigenvalue weighted by molar-refractivity contribution is -0.115. The van der Waals surface area contributed by atoms with Crippen LogP contribution >= 0.6 is 11.3 Å². The molecule has 0 bridgehead atoms. The quantitative estimate of drug-likeness (QED) is 0.938. The highest BCUT2D eigenvalue weighted by Crippen LogP contribution is 2.19. The number of aromatic nitrogens is 1. The van der Waals surface area contributed by atoms with Crippen molar-refractivity contribution in [3.8, 4) is 0 Å². The van der Waals surface area contributed by atoms with E-state index in [0.717, 1.165) is 37.6 Å². The van der Waals surface area contributed by atoms with Crippen LogP contribution in [0.3, 0.4) is 0 Å². The molecule has 1 aliphatic rings. The zero-order valence-electron chi connectivity index (χ0n) is 12.7. The van der Waals surface area contributed by atoms with Crippen LogP contribution < -0.4 is 10.2 Å². The maximum atomic E-state index is 11.9. The van der Waals surface area contributed by atoms with Gasteiger partial charge >= 0.3 is 0 Å². The van der Waals surface area contributed by atoms with Crippen LogP contribution in [0.5, 0.6) is 0 Å². The Morgan fingerprint density at radius 2 is 1.95 bits per heavy atom. The maximum Gasteiger partial charge on any atom is 0.230 e. The van der Waals surface area contributed by atoms with Crippen LogP contribution in [-0.2, 0) is 11.2 Å². The maximum absolute atomic E-state index is 11.9. The summed E-state index contributed by atoms with van der Waals surface area (Å²) in [6.45, 7) is 4.27. The first-order valence-corrected chi connectivity index (χ1v) is 8.35. The molecule has 1 saturated heterocycles. The van der Waals surface area contributed by atoms with Crippen molar-refractivity contribution in [2.75, 3.05) is 43.4 Å². The summed E-state index contributed by atoms with van der Waals surface area (Å²) < 4.78 is 0. The van der Waals surface area contributed by atoms with E-state index in [1.807, 2.05) is 17.5 Å². The molecule has 0 spiro atoms. The summed E-state index contributed by atoms with van der Waals surface area (Å²) in [7, 11) is 2.15. The van der Waals surface area contributed by atoms with Gasteiger partial charge in [-0.2, -0.15) is 0 Å². The van der Waals surface area contributed by atoms with Gasteiger partial charge in [-0.1, -0.05) is 0 Å².